The van der Waals surface area contributed by atoms with Crippen LogP contribution in [0.4, 0.5) is 4.39 Å². The molecule has 1 aromatic rings. The van der Waals surface area contributed by atoms with Crippen molar-refractivity contribution in [2.45, 2.75) is 18.9 Å². The molecule has 7 heteroatoms. The number of carboxylic acids is 1. The number of aliphatic carboxylic acids is 1. The van der Waals surface area contributed by atoms with Crippen LogP contribution in [-0.4, -0.2) is 52.8 Å². The number of benzene rings is 1. The molecular formula is C17H19FN2O4. The second kappa shape index (κ2) is 6.22. The second-order valence-electron chi connectivity index (χ2n) is 6.42. The smallest absolute Gasteiger partial charge is 0.308 e. The molecule has 2 aliphatic heterocycles. The number of hydrogen-bond donors (Lipinski definition) is 1. The summed E-state index contributed by atoms with van der Waals surface area (Å²) in [6.45, 7) is 0.569. The number of amides is 2. The fourth-order valence-electron chi connectivity index (χ4n) is 3.60. The van der Waals surface area contributed by atoms with Crippen molar-refractivity contribution in [1.29, 1.82) is 0 Å². The monoisotopic (exact) mass is 334 g/mol. The molecule has 24 heavy (non-hydrogen) atoms. The van der Waals surface area contributed by atoms with E-state index < -0.39 is 23.8 Å². The maximum Gasteiger partial charge on any atom is 0.308 e. The summed E-state index contributed by atoms with van der Waals surface area (Å²) in [6, 6.07) is 5.33. The van der Waals surface area contributed by atoms with Crippen molar-refractivity contribution in [3.05, 3.63) is 35.6 Å². The second-order valence-corrected chi connectivity index (χ2v) is 6.42. The van der Waals surface area contributed by atoms with Gasteiger partial charge in [0.1, 0.15) is 5.82 Å². The van der Waals surface area contributed by atoms with E-state index in [-0.39, 0.29) is 30.6 Å². The predicted molar refractivity (Wildman–Crippen MR) is 82.3 cm³/mol. The van der Waals surface area contributed by atoms with E-state index in [2.05, 4.69) is 0 Å². The standard InChI is InChI=1S/C17H19FN2O4/c1-19-14(21)8-13(15(19)10-2-4-12(18)5-3-10)16(22)20-7-6-11(9-20)17(23)24/h2-5,11,13,15H,6-9H2,1H3,(H,23,24). The number of likely N-dealkylation sites (tertiary alicyclic amines) is 2. The maximum atomic E-state index is 13.2. The first kappa shape index (κ1) is 16.4. The molecule has 2 aliphatic rings. The number of carboxylic acid groups (broad SMARTS) is 1. The Bertz CT molecular complexity index is 676. The summed E-state index contributed by atoms with van der Waals surface area (Å²) in [5.74, 6) is -2.74. The van der Waals surface area contributed by atoms with Gasteiger partial charge in [-0.3, -0.25) is 14.4 Å². The molecule has 0 aliphatic carbocycles. The Morgan fingerprint density at radius 3 is 2.50 bits per heavy atom. The lowest BCUT2D eigenvalue weighted by Gasteiger charge is -2.27. The lowest BCUT2D eigenvalue weighted by molar-refractivity contribution is -0.142. The van der Waals surface area contributed by atoms with E-state index in [1.165, 1.54) is 21.9 Å². The summed E-state index contributed by atoms with van der Waals surface area (Å²) in [7, 11) is 1.63. The van der Waals surface area contributed by atoms with Crippen LogP contribution >= 0.6 is 0 Å². The highest BCUT2D eigenvalue weighted by atomic mass is 19.1. The first-order valence-corrected chi connectivity index (χ1v) is 7.91. The molecule has 2 saturated heterocycles. The first-order valence-electron chi connectivity index (χ1n) is 7.91. The first-order chi connectivity index (χ1) is 11.4. The summed E-state index contributed by atoms with van der Waals surface area (Å²) < 4.78 is 13.2. The van der Waals surface area contributed by atoms with Gasteiger partial charge in [0, 0.05) is 26.6 Å². The van der Waals surface area contributed by atoms with E-state index >= 15 is 0 Å². The third-order valence-electron chi connectivity index (χ3n) is 4.96. The average Bonchev–Trinajstić information content (AvgIpc) is 3.14. The molecule has 0 aromatic heterocycles. The summed E-state index contributed by atoms with van der Waals surface area (Å²) in [4.78, 5) is 39.1. The normalized spacial score (nSPS) is 26.9. The Kier molecular flexibility index (Phi) is 4.26. The van der Waals surface area contributed by atoms with Gasteiger partial charge in [-0.15, -0.1) is 0 Å². The van der Waals surface area contributed by atoms with Crippen molar-refractivity contribution in [1.82, 2.24) is 9.80 Å². The van der Waals surface area contributed by atoms with Gasteiger partial charge in [0.15, 0.2) is 0 Å². The summed E-state index contributed by atoms with van der Waals surface area (Å²) in [5.41, 5.74) is 0.706. The third kappa shape index (κ3) is 2.86. The zero-order valence-electron chi connectivity index (χ0n) is 13.3. The molecule has 6 nitrogen and oxygen atoms in total. The van der Waals surface area contributed by atoms with Gasteiger partial charge >= 0.3 is 5.97 Å². The van der Waals surface area contributed by atoms with E-state index in [0.717, 1.165) is 0 Å². The largest absolute Gasteiger partial charge is 0.481 e. The Labute approximate surface area is 138 Å². The number of carbonyl (C=O) groups excluding carboxylic acids is 2. The van der Waals surface area contributed by atoms with Crippen LogP contribution in [0.3, 0.4) is 0 Å². The van der Waals surface area contributed by atoms with Crippen molar-refractivity contribution in [2.75, 3.05) is 20.1 Å². The maximum absolute atomic E-state index is 13.2. The summed E-state index contributed by atoms with van der Waals surface area (Å²) in [5, 5.41) is 9.08. The molecule has 2 fully saturated rings. The van der Waals surface area contributed by atoms with Crippen LogP contribution in [0.1, 0.15) is 24.4 Å². The fourth-order valence-corrected chi connectivity index (χ4v) is 3.60. The van der Waals surface area contributed by atoms with E-state index in [4.69, 9.17) is 5.11 Å². The van der Waals surface area contributed by atoms with Crippen LogP contribution in [0.15, 0.2) is 24.3 Å². The topological polar surface area (TPSA) is 77.9 Å². The molecule has 3 atom stereocenters. The number of nitrogens with zero attached hydrogens (tertiary/aromatic N) is 2. The van der Waals surface area contributed by atoms with Gasteiger partial charge in [-0.05, 0) is 24.1 Å². The molecule has 0 radical (unpaired) electrons. The lowest BCUT2D eigenvalue weighted by Crippen LogP contribution is -2.37. The molecule has 3 unspecified atom stereocenters. The van der Waals surface area contributed by atoms with Crippen molar-refractivity contribution in [3.63, 3.8) is 0 Å². The summed E-state index contributed by atoms with van der Waals surface area (Å²) >= 11 is 0. The Balaban J connectivity index is 1.82. The average molecular weight is 334 g/mol. The molecule has 2 amide bonds. The molecule has 128 valence electrons. The molecule has 0 bridgehead atoms. The third-order valence-corrected chi connectivity index (χ3v) is 4.96. The van der Waals surface area contributed by atoms with E-state index in [1.807, 2.05) is 0 Å². The van der Waals surface area contributed by atoms with Crippen LogP contribution in [0, 0.1) is 17.7 Å². The molecule has 0 saturated carbocycles. The van der Waals surface area contributed by atoms with Crippen molar-refractivity contribution in [2.24, 2.45) is 11.8 Å². The zero-order chi connectivity index (χ0) is 17.4. The number of hydrogen-bond acceptors (Lipinski definition) is 3. The van der Waals surface area contributed by atoms with Gasteiger partial charge in [0.05, 0.1) is 17.9 Å². The van der Waals surface area contributed by atoms with Gasteiger partial charge in [-0.25, -0.2) is 4.39 Å². The number of halogens is 1. The predicted octanol–water partition coefficient (Wildman–Crippen LogP) is 1.28. The van der Waals surface area contributed by atoms with Crippen LogP contribution < -0.4 is 0 Å². The highest BCUT2D eigenvalue weighted by Crippen LogP contribution is 2.38. The highest BCUT2D eigenvalue weighted by molar-refractivity contribution is 5.90. The zero-order valence-corrected chi connectivity index (χ0v) is 13.3. The van der Waals surface area contributed by atoms with Crippen LogP contribution in [0.25, 0.3) is 0 Å². The van der Waals surface area contributed by atoms with Crippen LogP contribution in [-0.2, 0) is 14.4 Å². The van der Waals surface area contributed by atoms with Gasteiger partial charge in [0.2, 0.25) is 11.8 Å². The molecule has 2 heterocycles. The Morgan fingerprint density at radius 2 is 1.92 bits per heavy atom. The SMILES string of the molecule is CN1C(=O)CC(C(=O)N2CCC(C(=O)O)C2)C1c1ccc(F)cc1. The molecule has 0 spiro atoms. The number of carbonyl (C=O) groups is 3. The number of rotatable bonds is 3. The molecule has 1 aromatic carbocycles. The van der Waals surface area contributed by atoms with E-state index in [0.29, 0.717) is 18.5 Å². The molecular weight excluding hydrogens is 315 g/mol. The van der Waals surface area contributed by atoms with Crippen LogP contribution in [0.2, 0.25) is 0 Å². The van der Waals surface area contributed by atoms with E-state index in [1.54, 1.807) is 19.2 Å². The minimum atomic E-state index is -0.903. The quantitative estimate of drug-likeness (QED) is 0.903. The Hall–Kier alpha value is -2.44. The lowest BCUT2D eigenvalue weighted by atomic mass is 9.92. The minimum absolute atomic E-state index is 0.0889. The fraction of sp³-hybridized carbons (Fsp3) is 0.471. The highest BCUT2D eigenvalue weighted by Gasteiger charge is 2.45. The van der Waals surface area contributed by atoms with Gasteiger partial charge in [-0.1, -0.05) is 12.1 Å². The Morgan fingerprint density at radius 1 is 1.25 bits per heavy atom. The van der Waals surface area contributed by atoms with Crippen molar-refractivity contribution in [3.8, 4) is 0 Å². The molecule has 1 N–H and O–H groups in total. The van der Waals surface area contributed by atoms with Gasteiger partial charge in [-0.2, -0.15) is 0 Å². The van der Waals surface area contributed by atoms with Gasteiger partial charge in [0.25, 0.3) is 0 Å². The minimum Gasteiger partial charge on any atom is -0.481 e. The van der Waals surface area contributed by atoms with E-state index in [9.17, 15) is 18.8 Å². The molecule has 3 rings (SSSR count). The van der Waals surface area contributed by atoms with Crippen molar-refractivity contribution < 1.29 is 23.9 Å². The van der Waals surface area contributed by atoms with Gasteiger partial charge < -0.3 is 14.9 Å². The van der Waals surface area contributed by atoms with Crippen molar-refractivity contribution >= 4 is 17.8 Å². The van der Waals surface area contributed by atoms with Crippen LogP contribution in [0.5, 0.6) is 0 Å². The summed E-state index contributed by atoms with van der Waals surface area (Å²) in [6.07, 6.45) is 0.518.